The Morgan fingerprint density at radius 1 is 1.38 bits per heavy atom. The molecular formula is C13H23NO2. The summed E-state index contributed by atoms with van der Waals surface area (Å²) in [6.45, 7) is 6.26. The molecule has 0 saturated carbocycles. The van der Waals surface area contributed by atoms with E-state index in [1.54, 1.807) is 0 Å². The van der Waals surface area contributed by atoms with E-state index in [1.165, 1.54) is 38.9 Å². The van der Waals surface area contributed by atoms with Gasteiger partial charge in [0.15, 0.2) is 0 Å². The Balaban J connectivity index is 1.65. The maximum atomic E-state index is 11.2. The molecule has 0 amide bonds. The molecule has 0 aromatic heterocycles. The first kappa shape index (κ1) is 11.9. The minimum Gasteiger partial charge on any atom is -0.466 e. The lowest BCUT2D eigenvalue weighted by molar-refractivity contribution is -0.143. The van der Waals surface area contributed by atoms with E-state index in [1.807, 2.05) is 6.92 Å². The fraction of sp³-hybridized carbons (Fsp3) is 0.923. The molecule has 0 N–H and O–H groups in total. The summed E-state index contributed by atoms with van der Waals surface area (Å²) in [5, 5.41) is 0. The van der Waals surface area contributed by atoms with Crippen molar-refractivity contribution in [1.82, 2.24) is 4.90 Å². The van der Waals surface area contributed by atoms with Gasteiger partial charge in [-0.25, -0.2) is 0 Å². The number of nitrogens with zero attached hydrogens (tertiary/aromatic N) is 1. The number of hydrogen-bond acceptors (Lipinski definition) is 3. The molecule has 3 nitrogen and oxygen atoms in total. The van der Waals surface area contributed by atoms with Crippen LogP contribution in [0.3, 0.4) is 0 Å². The summed E-state index contributed by atoms with van der Waals surface area (Å²) in [5.41, 5.74) is 0. The van der Waals surface area contributed by atoms with E-state index in [4.69, 9.17) is 4.74 Å². The Hall–Kier alpha value is -0.570. The molecule has 3 saturated heterocycles. The Bertz CT molecular complexity index is 234. The van der Waals surface area contributed by atoms with E-state index in [2.05, 4.69) is 4.90 Å². The van der Waals surface area contributed by atoms with Crippen molar-refractivity contribution in [3.8, 4) is 0 Å². The highest BCUT2D eigenvalue weighted by molar-refractivity contribution is 5.69. The van der Waals surface area contributed by atoms with Crippen molar-refractivity contribution in [3.05, 3.63) is 0 Å². The molecule has 3 fully saturated rings. The van der Waals surface area contributed by atoms with Gasteiger partial charge in [-0.15, -0.1) is 0 Å². The van der Waals surface area contributed by atoms with Crippen LogP contribution in [0, 0.1) is 11.8 Å². The van der Waals surface area contributed by atoms with Gasteiger partial charge in [-0.1, -0.05) is 0 Å². The monoisotopic (exact) mass is 225 g/mol. The lowest BCUT2D eigenvalue weighted by atomic mass is 9.77. The number of carbonyl (C=O) groups is 1. The normalized spacial score (nSPS) is 32.7. The van der Waals surface area contributed by atoms with E-state index >= 15 is 0 Å². The maximum absolute atomic E-state index is 11.2. The van der Waals surface area contributed by atoms with Gasteiger partial charge in [-0.05, 0) is 57.5 Å². The molecule has 0 radical (unpaired) electrons. The molecule has 2 bridgehead atoms. The van der Waals surface area contributed by atoms with Crippen molar-refractivity contribution in [3.63, 3.8) is 0 Å². The molecule has 16 heavy (non-hydrogen) atoms. The second kappa shape index (κ2) is 5.67. The highest BCUT2D eigenvalue weighted by Crippen LogP contribution is 2.34. The van der Waals surface area contributed by atoms with E-state index in [0.29, 0.717) is 13.0 Å². The lowest BCUT2D eigenvalue weighted by Gasteiger charge is -2.45. The molecule has 3 heteroatoms. The van der Waals surface area contributed by atoms with E-state index < -0.39 is 0 Å². The third-order valence-electron chi connectivity index (χ3n) is 4.05. The zero-order valence-electron chi connectivity index (χ0n) is 10.3. The standard InChI is InChI=1S/C13H23NO2/c1-2-16-13(15)5-3-4-12-10-14-8-6-11(12)7-9-14/h11-12H,2-10H2,1H3. The summed E-state index contributed by atoms with van der Waals surface area (Å²) in [7, 11) is 0. The van der Waals surface area contributed by atoms with Crippen molar-refractivity contribution >= 4 is 5.97 Å². The van der Waals surface area contributed by atoms with Gasteiger partial charge in [0.05, 0.1) is 6.61 Å². The molecule has 3 aliphatic heterocycles. The summed E-state index contributed by atoms with van der Waals surface area (Å²) >= 11 is 0. The van der Waals surface area contributed by atoms with Crippen molar-refractivity contribution in [1.29, 1.82) is 0 Å². The molecule has 0 aliphatic carbocycles. The summed E-state index contributed by atoms with van der Waals surface area (Å²) in [5.74, 6) is 1.76. The predicted octanol–water partition coefficient (Wildman–Crippen LogP) is 2.06. The van der Waals surface area contributed by atoms with Crippen LogP contribution in [-0.4, -0.2) is 37.1 Å². The average Bonchev–Trinajstić information content (AvgIpc) is 2.31. The second-order valence-corrected chi connectivity index (χ2v) is 5.10. The molecule has 1 atom stereocenters. The molecule has 3 rings (SSSR count). The number of carbonyl (C=O) groups excluding carboxylic acids is 1. The molecular weight excluding hydrogens is 202 g/mol. The third-order valence-corrected chi connectivity index (χ3v) is 4.05. The minimum absolute atomic E-state index is 0.0243. The largest absolute Gasteiger partial charge is 0.466 e. The SMILES string of the molecule is CCOC(=O)CCCC1CN2CCC1CC2. The highest BCUT2D eigenvalue weighted by Gasteiger charge is 2.33. The van der Waals surface area contributed by atoms with E-state index in [9.17, 15) is 4.79 Å². The summed E-state index contributed by atoms with van der Waals surface area (Å²) < 4.78 is 4.94. The van der Waals surface area contributed by atoms with Gasteiger partial charge in [0.2, 0.25) is 0 Å². The smallest absolute Gasteiger partial charge is 0.305 e. The zero-order valence-corrected chi connectivity index (χ0v) is 10.3. The van der Waals surface area contributed by atoms with Crippen molar-refractivity contribution in [2.45, 2.75) is 39.0 Å². The van der Waals surface area contributed by atoms with Gasteiger partial charge in [0.1, 0.15) is 0 Å². The fourth-order valence-corrected chi connectivity index (χ4v) is 3.16. The minimum atomic E-state index is -0.0243. The zero-order chi connectivity index (χ0) is 11.4. The van der Waals surface area contributed by atoms with Gasteiger partial charge in [0, 0.05) is 13.0 Å². The number of fused-ring (bicyclic) bond motifs is 3. The molecule has 92 valence electrons. The Kier molecular flexibility index (Phi) is 4.22. The van der Waals surface area contributed by atoms with Crippen LogP contribution in [0.15, 0.2) is 0 Å². The van der Waals surface area contributed by atoms with Crippen LogP contribution in [0.2, 0.25) is 0 Å². The van der Waals surface area contributed by atoms with Gasteiger partial charge in [-0.3, -0.25) is 4.79 Å². The van der Waals surface area contributed by atoms with E-state index in [0.717, 1.165) is 18.3 Å². The first-order valence-electron chi connectivity index (χ1n) is 6.67. The molecule has 1 unspecified atom stereocenters. The quantitative estimate of drug-likeness (QED) is 0.671. The lowest BCUT2D eigenvalue weighted by Crippen LogP contribution is -2.47. The number of piperidine rings is 3. The van der Waals surface area contributed by atoms with E-state index in [-0.39, 0.29) is 5.97 Å². The third kappa shape index (κ3) is 2.97. The predicted molar refractivity (Wildman–Crippen MR) is 63.1 cm³/mol. The maximum Gasteiger partial charge on any atom is 0.305 e. The van der Waals surface area contributed by atoms with Crippen molar-refractivity contribution in [2.24, 2.45) is 11.8 Å². The Morgan fingerprint density at radius 2 is 2.12 bits per heavy atom. The second-order valence-electron chi connectivity index (χ2n) is 5.10. The number of hydrogen-bond donors (Lipinski definition) is 0. The molecule has 3 heterocycles. The van der Waals surface area contributed by atoms with Crippen LogP contribution in [0.25, 0.3) is 0 Å². The van der Waals surface area contributed by atoms with Gasteiger partial charge in [0.25, 0.3) is 0 Å². The molecule has 3 aliphatic rings. The highest BCUT2D eigenvalue weighted by atomic mass is 16.5. The van der Waals surface area contributed by atoms with Gasteiger partial charge in [-0.2, -0.15) is 0 Å². The summed E-state index contributed by atoms with van der Waals surface area (Å²) in [4.78, 5) is 13.8. The van der Waals surface area contributed by atoms with Crippen LogP contribution in [0.1, 0.15) is 39.0 Å². The van der Waals surface area contributed by atoms with Crippen LogP contribution in [0.4, 0.5) is 0 Å². The number of rotatable bonds is 5. The Morgan fingerprint density at radius 3 is 2.69 bits per heavy atom. The summed E-state index contributed by atoms with van der Waals surface area (Å²) in [6.07, 6.45) is 5.58. The Labute approximate surface area is 98.1 Å². The van der Waals surface area contributed by atoms with Gasteiger partial charge >= 0.3 is 5.97 Å². The van der Waals surface area contributed by atoms with Crippen LogP contribution >= 0.6 is 0 Å². The number of ether oxygens (including phenoxy) is 1. The first-order chi connectivity index (χ1) is 7.79. The summed E-state index contributed by atoms with van der Waals surface area (Å²) in [6, 6.07) is 0. The van der Waals surface area contributed by atoms with Crippen molar-refractivity contribution < 1.29 is 9.53 Å². The molecule has 0 aromatic carbocycles. The van der Waals surface area contributed by atoms with Gasteiger partial charge < -0.3 is 9.64 Å². The molecule has 0 spiro atoms. The van der Waals surface area contributed by atoms with Crippen LogP contribution in [-0.2, 0) is 9.53 Å². The van der Waals surface area contributed by atoms with Crippen molar-refractivity contribution in [2.75, 3.05) is 26.2 Å². The fourth-order valence-electron chi connectivity index (χ4n) is 3.16. The van der Waals surface area contributed by atoms with Crippen LogP contribution in [0.5, 0.6) is 0 Å². The van der Waals surface area contributed by atoms with Crippen LogP contribution < -0.4 is 0 Å². The average molecular weight is 225 g/mol. The number of esters is 1. The molecule has 0 aromatic rings. The first-order valence-corrected chi connectivity index (χ1v) is 6.67. The topological polar surface area (TPSA) is 29.5 Å².